The van der Waals surface area contributed by atoms with Crippen molar-refractivity contribution in [1.29, 1.82) is 0 Å². The van der Waals surface area contributed by atoms with Crippen LogP contribution in [0.15, 0.2) is 0 Å². The van der Waals surface area contributed by atoms with Crippen LogP contribution in [0.2, 0.25) is 0 Å². The van der Waals surface area contributed by atoms with Crippen LogP contribution in [0.4, 0.5) is 0 Å². The fourth-order valence-electron chi connectivity index (χ4n) is 2.76. The van der Waals surface area contributed by atoms with Crippen molar-refractivity contribution < 1.29 is 34.2 Å². The summed E-state index contributed by atoms with van der Waals surface area (Å²) in [5, 5.41) is 22.3. The van der Waals surface area contributed by atoms with E-state index in [-0.39, 0.29) is 18.6 Å². The van der Waals surface area contributed by atoms with Gasteiger partial charge in [-0.05, 0) is 26.2 Å². The zero-order valence-corrected chi connectivity index (χ0v) is 16.4. The van der Waals surface area contributed by atoms with Crippen molar-refractivity contribution in [3.63, 3.8) is 0 Å². The van der Waals surface area contributed by atoms with Crippen LogP contribution in [-0.2, 0) is 24.0 Å². The number of amides is 3. The van der Waals surface area contributed by atoms with E-state index in [0.717, 1.165) is 0 Å². The van der Waals surface area contributed by atoms with Crippen LogP contribution in [0.25, 0.3) is 0 Å². The van der Waals surface area contributed by atoms with E-state index in [0.29, 0.717) is 19.4 Å². The molecule has 1 aliphatic heterocycles. The van der Waals surface area contributed by atoms with Gasteiger partial charge in [0.25, 0.3) is 0 Å². The lowest BCUT2D eigenvalue weighted by atomic mass is 10.1. The summed E-state index contributed by atoms with van der Waals surface area (Å²) in [5.41, 5.74) is 5.75. The Balaban J connectivity index is 2.72. The SMILES string of the molecule is CC(NC(=O)C(CS)NC(=O)C1CCCN1C(=O)C(N)CCC(=O)O)C(=O)O. The van der Waals surface area contributed by atoms with E-state index in [2.05, 4.69) is 23.3 Å². The van der Waals surface area contributed by atoms with Crippen molar-refractivity contribution in [3.05, 3.63) is 0 Å². The number of hydrogen-bond donors (Lipinski definition) is 6. The second kappa shape index (κ2) is 10.9. The Bertz CT molecular complexity index is 630. The highest BCUT2D eigenvalue weighted by Crippen LogP contribution is 2.19. The van der Waals surface area contributed by atoms with Crippen LogP contribution < -0.4 is 16.4 Å². The van der Waals surface area contributed by atoms with Crippen LogP contribution >= 0.6 is 12.6 Å². The van der Waals surface area contributed by atoms with Gasteiger partial charge in [-0.1, -0.05) is 0 Å². The number of nitrogens with zero attached hydrogens (tertiary/aromatic N) is 1. The number of carbonyl (C=O) groups excluding carboxylic acids is 3. The number of carboxylic acids is 2. The Hall–Kier alpha value is -2.34. The average molecular weight is 418 g/mol. The highest BCUT2D eigenvalue weighted by atomic mass is 32.1. The Morgan fingerprint density at radius 3 is 2.39 bits per heavy atom. The summed E-state index contributed by atoms with van der Waals surface area (Å²) in [7, 11) is 0. The van der Waals surface area contributed by atoms with Crippen LogP contribution in [0.1, 0.15) is 32.6 Å². The fraction of sp³-hybridized carbons (Fsp3) is 0.688. The lowest BCUT2D eigenvalue weighted by Gasteiger charge is -2.28. The second-order valence-corrected chi connectivity index (χ2v) is 6.91. The summed E-state index contributed by atoms with van der Waals surface area (Å²) in [4.78, 5) is 59.9. The van der Waals surface area contributed by atoms with Crippen molar-refractivity contribution >= 4 is 42.3 Å². The van der Waals surface area contributed by atoms with E-state index in [1.54, 1.807) is 0 Å². The summed E-state index contributed by atoms with van der Waals surface area (Å²) in [6, 6.07) is -4.08. The zero-order valence-electron chi connectivity index (χ0n) is 15.5. The van der Waals surface area contributed by atoms with Gasteiger partial charge in [-0.3, -0.25) is 24.0 Å². The third-order valence-electron chi connectivity index (χ3n) is 4.37. The minimum Gasteiger partial charge on any atom is -0.481 e. The van der Waals surface area contributed by atoms with Gasteiger partial charge in [0.15, 0.2) is 0 Å². The molecule has 12 heteroatoms. The minimum absolute atomic E-state index is 0.0479. The van der Waals surface area contributed by atoms with Gasteiger partial charge in [0.1, 0.15) is 18.1 Å². The van der Waals surface area contributed by atoms with Gasteiger partial charge in [-0.2, -0.15) is 12.6 Å². The van der Waals surface area contributed by atoms with Gasteiger partial charge >= 0.3 is 11.9 Å². The first-order valence-electron chi connectivity index (χ1n) is 8.80. The number of likely N-dealkylation sites (tertiary alicyclic amines) is 1. The number of carboxylic acid groups (broad SMARTS) is 2. The largest absolute Gasteiger partial charge is 0.481 e. The molecule has 11 nitrogen and oxygen atoms in total. The Morgan fingerprint density at radius 2 is 1.86 bits per heavy atom. The molecular weight excluding hydrogens is 392 g/mol. The molecule has 0 saturated carbocycles. The van der Waals surface area contributed by atoms with Gasteiger partial charge in [-0.25, -0.2) is 0 Å². The molecule has 28 heavy (non-hydrogen) atoms. The van der Waals surface area contributed by atoms with Crippen LogP contribution in [-0.4, -0.2) is 81.2 Å². The van der Waals surface area contributed by atoms with Crippen molar-refractivity contribution in [1.82, 2.24) is 15.5 Å². The molecule has 0 aromatic heterocycles. The van der Waals surface area contributed by atoms with Crippen molar-refractivity contribution in [2.75, 3.05) is 12.3 Å². The van der Waals surface area contributed by atoms with E-state index in [1.807, 2.05) is 0 Å². The molecule has 6 N–H and O–H groups in total. The predicted molar refractivity (Wildman–Crippen MR) is 101 cm³/mol. The number of rotatable bonds is 10. The molecule has 1 heterocycles. The Labute approximate surface area is 167 Å². The molecule has 0 bridgehead atoms. The smallest absolute Gasteiger partial charge is 0.325 e. The summed E-state index contributed by atoms with van der Waals surface area (Å²) in [6.45, 7) is 1.58. The lowest BCUT2D eigenvalue weighted by Crippen LogP contribution is -2.56. The fourth-order valence-corrected chi connectivity index (χ4v) is 3.01. The highest BCUT2D eigenvalue weighted by molar-refractivity contribution is 7.80. The molecule has 0 aromatic rings. The monoisotopic (exact) mass is 418 g/mol. The van der Waals surface area contributed by atoms with E-state index < -0.39 is 53.8 Å². The predicted octanol–water partition coefficient (Wildman–Crippen LogP) is -1.83. The van der Waals surface area contributed by atoms with Crippen molar-refractivity contribution in [2.45, 2.75) is 56.8 Å². The first-order valence-corrected chi connectivity index (χ1v) is 9.44. The third kappa shape index (κ3) is 6.68. The number of hydrogen-bond acceptors (Lipinski definition) is 7. The standard InChI is InChI=1S/C16H26N4O7S/c1-8(16(26)27)18-13(23)10(7-28)19-14(24)11-3-2-6-20(11)15(25)9(17)4-5-12(21)22/h8-11,28H,2-7,17H2,1H3,(H,18,23)(H,19,24)(H,21,22)(H,26,27). The van der Waals surface area contributed by atoms with Gasteiger partial charge < -0.3 is 31.5 Å². The minimum atomic E-state index is -1.22. The maximum Gasteiger partial charge on any atom is 0.325 e. The summed E-state index contributed by atoms with van der Waals surface area (Å²) >= 11 is 4.01. The number of nitrogens with one attached hydrogen (secondary N) is 2. The molecule has 4 unspecified atom stereocenters. The second-order valence-electron chi connectivity index (χ2n) is 6.54. The zero-order chi connectivity index (χ0) is 21.4. The van der Waals surface area contributed by atoms with E-state index >= 15 is 0 Å². The first kappa shape index (κ1) is 23.7. The average Bonchev–Trinajstić information content (AvgIpc) is 3.12. The van der Waals surface area contributed by atoms with Crippen LogP contribution in [0.5, 0.6) is 0 Å². The summed E-state index contributed by atoms with van der Waals surface area (Å²) < 4.78 is 0. The molecular formula is C16H26N4O7S. The molecule has 0 spiro atoms. The number of thiol groups is 1. The molecule has 1 aliphatic rings. The molecule has 1 rings (SSSR count). The topological polar surface area (TPSA) is 179 Å². The number of carbonyl (C=O) groups is 5. The molecule has 0 radical (unpaired) electrons. The third-order valence-corrected chi connectivity index (χ3v) is 4.73. The normalized spacial score (nSPS) is 19.4. The van der Waals surface area contributed by atoms with Gasteiger partial charge in [-0.15, -0.1) is 0 Å². The molecule has 0 aromatic carbocycles. The number of aliphatic carboxylic acids is 2. The van der Waals surface area contributed by atoms with Crippen LogP contribution in [0.3, 0.4) is 0 Å². The van der Waals surface area contributed by atoms with Crippen molar-refractivity contribution in [3.8, 4) is 0 Å². The molecule has 4 atom stereocenters. The molecule has 0 aliphatic carbocycles. The van der Waals surface area contributed by atoms with Gasteiger partial charge in [0.05, 0.1) is 6.04 Å². The summed E-state index contributed by atoms with van der Waals surface area (Å²) in [6.07, 6.45) is 0.619. The maximum absolute atomic E-state index is 12.6. The van der Waals surface area contributed by atoms with E-state index in [4.69, 9.17) is 15.9 Å². The maximum atomic E-state index is 12.6. The number of nitrogens with two attached hydrogens (primary N) is 1. The first-order chi connectivity index (χ1) is 13.1. The lowest BCUT2D eigenvalue weighted by molar-refractivity contribution is -0.143. The highest BCUT2D eigenvalue weighted by Gasteiger charge is 2.37. The van der Waals surface area contributed by atoms with E-state index in [1.165, 1.54) is 11.8 Å². The Morgan fingerprint density at radius 1 is 1.21 bits per heavy atom. The van der Waals surface area contributed by atoms with Crippen molar-refractivity contribution in [2.24, 2.45) is 5.73 Å². The molecule has 158 valence electrons. The molecule has 3 amide bonds. The van der Waals surface area contributed by atoms with Gasteiger partial charge in [0, 0.05) is 18.7 Å². The van der Waals surface area contributed by atoms with E-state index in [9.17, 15) is 24.0 Å². The van der Waals surface area contributed by atoms with Gasteiger partial charge in [0.2, 0.25) is 17.7 Å². The molecule has 1 saturated heterocycles. The Kier molecular flexibility index (Phi) is 9.19. The quantitative estimate of drug-likeness (QED) is 0.224. The van der Waals surface area contributed by atoms with Crippen LogP contribution in [0, 0.1) is 0 Å². The molecule has 1 fully saturated rings. The summed E-state index contributed by atoms with van der Waals surface area (Å²) in [5.74, 6) is -4.16.